The smallest absolute Gasteiger partial charge is 0.310 e. The molecule has 1 aromatic heterocycles. The molecule has 2 radical (unpaired) electrons. The molecular weight excluding hydrogens is 290 g/mol. The van der Waals surface area contributed by atoms with Crippen LogP contribution < -0.4 is 10.5 Å². The predicted octanol–water partition coefficient (Wildman–Crippen LogP) is 0.0653. The first kappa shape index (κ1) is 14.4. The molecule has 2 aliphatic rings. The fourth-order valence-electron chi connectivity index (χ4n) is 2.97. The van der Waals surface area contributed by atoms with Crippen molar-refractivity contribution >= 4 is 42.1 Å². The Hall–Kier alpha value is -1.50. The Morgan fingerprint density at radius 1 is 1.48 bits per heavy atom. The number of hydrogen-bond acceptors (Lipinski definition) is 5. The van der Waals surface area contributed by atoms with E-state index in [1.165, 1.54) is 7.11 Å². The molecule has 0 saturated carbocycles. The summed E-state index contributed by atoms with van der Waals surface area (Å²) in [6.45, 7) is 2.75. The predicted molar refractivity (Wildman–Crippen MR) is 81.8 cm³/mol. The highest BCUT2D eigenvalue weighted by molar-refractivity contribution is 6.70. The van der Waals surface area contributed by atoms with Gasteiger partial charge in [-0.1, -0.05) is 11.6 Å². The number of esters is 1. The lowest BCUT2D eigenvalue weighted by Gasteiger charge is -2.32. The fourth-order valence-corrected chi connectivity index (χ4v) is 3.25. The maximum Gasteiger partial charge on any atom is 0.310 e. The number of aliphatic imine (C=N–C) groups is 1. The van der Waals surface area contributed by atoms with Crippen LogP contribution in [0.5, 0.6) is 0 Å². The van der Waals surface area contributed by atoms with Gasteiger partial charge in [0, 0.05) is 25.2 Å². The number of methoxy groups -OCH3 is 1. The molecule has 0 aliphatic carbocycles. The second kappa shape index (κ2) is 5.71. The maximum atomic E-state index is 11.7. The van der Waals surface area contributed by atoms with Crippen LogP contribution >= 0.6 is 11.6 Å². The van der Waals surface area contributed by atoms with Gasteiger partial charge in [-0.05, 0) is 12.8 Å². The number of halogens is 1. The second-order valence-corrected chi connectivity index (χ2v) is 5.64. The number of anilines is 1. The zero-order valence-electron chi connectivity index (χ0n) is 11.9. The van der Waals surface area contributed by atoms with Crippen molar-refractivity contribution in [3.8, 4) is 0 Å². The SMILES string of the molecule is [B]c1nc(N2CCCC(C(=O)OC)C2)n2c1C(Cl)=NCC2. The number of carbonyl (C=O) groups excluding carboxylic acids is 1. The number of imidazole rings is 1. The molecule has 1 fully saturated rings. The minimum absolute atomic E-state index is 0.120. The van der Waals surface area contributed by atoms with E-state index in [1.807, 2.05) is 4.57 Å². The molecule has 0 spiro atoms. The van der Waals surface area contributed by atoms with Crippen molar-refractivity contribution in [2.75, 3.05) is 31.6 Å². The van der Waals surface area contributed by atoms with Gasteiger partial charge in [0.2, 0.25) is 5.95 Å². The summed E-state index contributed by atoms with van der Waals surface area (Å²) >= 11 is 6.12. The van der Waals surface area contributed by atoms with E-state index in [0.29, 0.717) is 36.1 Å². The average Bonchev–Trinajstić information content (AvgIpc) is 2.85. The molecule has 3 heterocycles. The summed E-state index contributed by atoms with van der Waals surface area (Å²) in [6.07, 6.45) is 1.76. The zero-order valence-corrected chi connectivity index (χ0v) is 12.6. The van der Waals surface area contributed by atoms with Gasteiger partial charge in [0.1, 0.15) is 13.0 Å². The third-order valence-corrected chi connectivity index (χ3v) is 4.28. The topological polar surface area (TPSA) is 59.7 Å². The van der Waals surface area contributed by atoms with Crippen LogP contribution in [-0.2, 0) is 16.1 Å². The molecule has 8 heteroatoms. The third kappa shape index (κ3) is 2.55. The Balaban J connectivity index is 1.89. The molecule has 1 atom stereocenters. The number of piperidine rings is 1. The highest BCUT2D eigenvalue weighted by Crippen LogP contribution is 2.25. The summed E-state index contributed by atoms with van der Waals surface area (Å²) < 4.78 is 6.84. The Bertz CT molecular complexity index is 601. The molecule has 2 aliphatic heterocycles. The first-order valence-corrected chi connectivity index (χ1v) is 7.38. The van der Waals surface area contributed by atoms with Crippen LogP contribution in [0, 0.1) is 5.92 Å². The first-order valence-electron chi connectivity index (χ1n) is 7.01. The zero-order chi connectivity index (χ0) is 15.0. The van der Waals surface area contributed by atoms with Gasteiger partial charge in [-0.25, -0.2) is 4.98 Å². The molecule has 110 valence electrons. The minimum atomic E-state index is -0.169. The van der Waals surface area contributed by atoms with Gasteiger partial charge in [0.25, 0.3) is 0 Å². The van der Waals surface area contributed by atoms with Crippen LogP contribution in [0.25, 0.3) is 0 Å². The Morgan fingerprint density at radius 2 is 2.29 bits per heavy atom. The van der Waals surface area contributed by atoms with E-state index < -0.39 is 0 Å². The van der Waals surface area contributed by atoms with Gasteiger partial charge in [0.05, 0.1) is 25.3 Å². The van der Waals surface area contributed by atoms with E-state index in [2.05, 4.69) is 14.9 Å². The Kier molecular flexibility index (Phi) is 3.93. The molecule has 0 amide bonds. The van der Waals surface area contributed by atoms with Crippen molar-refractivity contribution in [2.45, 2.75) is 19.4 Å². The van der Waals surface area contributed by atoms with Crippen molar-refractivity contribution in [3.63, 3.8) is 0 Å². The fraction of sp³-hybridized carbons (Fsp3) is 0.615. The van der Waals surface area contributed by atoms with Crippen molar-refractivity contribution in [1.29, 1.82) is 0 Å². The summed E-state index contributed by atoms with van der Waals surface area (Å²) in [7, 11) is 7.39. The molecule has 3 rings (SSSR count). The van der Waals surface area contributed by atoms with E-state index >= 15 is 0 Å². The third-order valence-electron chi connectivity index (χ3n) is 3.98. The minimum Gasteiger partial charge on any atom is -0.469 e. The lowest BCUT2D eigenvalue weighted by atomic mass is 9.98. The molecule has 1 aromatic rings. The molecule has 6 nitrogen and oxygen atoms in total. The summed E-state index contributed by atoms with van der Waals surface area (Å²) in [5, 5.41) is 0.402. The Morgan fingerprint density at radius 3 is 3.05 bits per heavy atom. The van der Waals surface area contributed by atoms with E-state index in [0.717, 1.165) is 25.3 Å². The van der Waals surface area contributed by atoms with E-state index in [-0.39, 0.29) is 11.9 Å². The average molecular weight is 307 g/mol. The number of aromatic nitrogens is 2. The van der Waals surface area contributed by atoms with Crippen LogP contribution in [0.3, 0.4) is 0 Å². The van der Waals surface area contributed by atoms with Gasteiger partial charge < -0.3 is 14.2 Å². The quantitative estimate of drug-likeness (QED) is 0.573. The molecule has 0 aromatic carbocycles. The van der Waals surface area contributed by atoms with Crippen molar-refractivity contribution < 1.29 is 9.53 Å². The summed E-state index contributed by atoms with van der Waals surface area (Å²) in [6, 6.07) is 0. The van der Waals surface area contributed by atoms with Gasteiger partial charge in [-0.3, -0.25) is 9.79 Å². The lowest BCUT2D eigenvalue weighted by molar-refractivity contribution is -0.145. The Labute approximate surface area is 129 Å². The van der Waals surface area contributed by atoms with E-state index in [1.54, 1.807) is 0 Å². The summed E-state index contributed by atoms with van der Waals surface area (Å²) in [4.78, 5) is 22.5. The van der Waals surface area contributed by atoms with Gasteiger partial charge in [-0.15, -0.1) is 0 Å². The molecule has 1 saturated heterocycles. The number of fused-ring (bicyclic) bond motifs is 1. The van der Waals surface area contributed by atoms with Crippen LogP contribution in [-0.4, -0.2) is 55.3 Å². The summed E-state index contributed by atoms with van der Waals surface area (Å²) in [5.41, 5.74) is 1.07. The normalized spacial score (nSPS) is 21.7. The molecule has 0 bridgehead atoms. The number of hydrogen-bond donors (Lipinski definition) is 0. The number of rotatable bonds is 2. The molecule has 1 unspecified atom stereocenters. The van der Waals surface area contributed by atoms with E-state index in [4.69, 9.17) is 24.2 Å². The van der Waals surface area contributed by atoms with Crippen LogP contribution in [0.15, 0.2) is 4.99 Å². The highest BCUT2D eigenvalue weighted by atomic mass is 35.5. The van der Waals surface area contributed by atoms with E-state index in [9.17, 15) is 4.79 Å². The van der Waals surface area contributed by atoms with Gasteiger partial charge in [0.15, 0.2) is 0 Å². The number of carbonyl (C=O) groups is 1. The van der Waals surface area contributed by atoms with Crippen LogP contribution in [0.4, 0.5) is 5.95 Å². The van der Waals surface area contributed by atoms with Crippen LogP contribution in [0.2, 0.25) is 0 Å². The molecule has 0 N–H and O–H groups in total. The van der Waals surface area contributed by atoms with Gasteiger partial charge >= 0.3 is 5.97 Å². The first-order chi connectivity index (χ1) is 10.1. The standard InChI is InChI=1S/C13H16BClN4O2/c1-21-12(20)8-3-2-5-18(7-8)13-17-10(14)9-11(15)16-4-6-19(9)13/h8H,2-7H2,1H3. The molecular formula is C13H16BClN4O2. The maximum absolute atomic E-state index is 11.7. The molecule has 21 heavy (non-hydrogen) atoms. The lowest BCUT2D eigenvalue weighted by Crippen LogP contribution is -2.41. The largest absolute Gasteiger partial charge is 0.469 e. The summed E-state index contributed by atoms with van der Waals surface area (Å²) in [5.74, 6) is 0.479. The second-order valence-electron chi connectivity index (χ2n) is 5.28. The number of nitrogens with zero attached hydrogens (tertiary/aromatic N) is 4. The number of ether oxygens (including phenoxy) is 1. The monoisotopic (exact) mass is 306 g/mol. The van der Waals surface area contributed by atoms with Crippen molar-refractivity contribution in [3.05, 3.63) is 5.69 Å². The van der Waals surface area contributed by atoms with Gasteiger partial charge in [-0.2, -0.15) is 0 Å². The van der Waals surface area contributed by atoms with Crippen LogP contribution in [0.1, 0.15) is 18.5 Å². The van der Waals surface area contributed by atoms with Crippen molar-refractivity contribution in [2.24, 2.45) is 10.9 Å². The van der Waals surface area contributed by atoms with Crippen molar-refractivity contribution in [1.82, 2.24) is 9.55 Å². The highest BCUT2D eigenvalue weighted by Gasteiger charge is 2.30.